The molecule has 0 amide bonds. The Morgan fingerprint density at radius 3 is 1.22 bits per heavy atom. The Kier molecular flexibility index (Phi) is 4.18. The maximum absolute atomic E-state index is 3.83. The van der Waals surface area contributed by atoms with Gasteiger partial charge in [-0.25, -0.2) is 0 Å². The molecule has 8 aliphatic rings. The second-order valence-electron chi connectivity index (χ2n) is 13.2. The predicted molar refractivity (Wildman–Crippen MR) is 131 cm³/mol. The van der Waals surface area contributed by atoms with E-state index >= 15 is 0 Å². The summed E-state index contributed by atoms with van der Waals surface area (Å²) in [5, 5.41) is 0. The summed E-state index contributed by atoms with van der Waals surface area (Å²) >= 11 is 0. The molecule has 166 valence electrons. The molecular formula is C32H38. The highest BCUT2D eigenvalue weighted by Crippen LogP contribution is 2.82. The van der Waals surface area contributed by atoms with Gasteiger partial charge in [0.05, 0.1) is 0 Å². The van der Waals surface area contributed by atoms with Gasteiger partial charge in [0.2, 0.25) is 0 Å². The van der Waals surface area contributed by atoms with E-state index in [0.717, 1.165) is 11.8 Å². The molecule has 8 saturated carbocycles. The highest BCUT2D eigenvalue weighted by atomic mass is 14.8. The van der Waals surface area contributed by atoms with Gasteiger partial charge in [-0.1, -0.05) is 23.7 Å². The molecular weight excluding hydrogens is 384 g/mol. The van der Waals surface area contributed by atoms with Crippen LogP contribution in [0.1, 0.15) is 105 Å². The lowest BCUT2D eigenvalue weighted by Gasteiger charge is -2.75. The SMILES string of the molecule is CC#CC12CC3CC(C1)CC(C14CC5(C#CC)CC(C#CC)(CC(C#CC)(C5)C1)C4)(C3)C2. The normalized spacial score (nSPS) is 53.1. The lowest BCUT2D eigenvalue weighted by atomic mass is 9.27. The van der Waals surface area contributed by atoms with Crippen LogP contribution < -0.4 is 0 Å². The van der Waals surface area contributed by atoms with Crippen molar-refractivity contribution >= 4 is 0 Å². The van der Waals surface area contributed by atoms with Crippen LogP contribution in [-0.4, -0.2) is 0 Å². The molecule has 8 aliphatic carbocycles. The van der Waals surface area contributed by atoms with Gasteiger partial charge in [0.25, 0.3) is 0 Å². The number of hydrogen-bond acceptors (Lipinski definition) is 0. The van der Waals surface area contributed by atoms with Gasteiger partial charge in [-0.3, -0.25) is 0 Å². The van der Waals surface area contributed by atoms with Gasteiger partial charge >= 0.3 is 0 Å². The Balaban J connectivity index is 1.55. The minimum Gasteiger partial charge on any atom is -0.106 e. The van der Waals surface area contributed by atoms with Crippen molar-refractivity contribution in [3.05, 3.63) is 0 Å². The smallest absolute Gasteiger partial charge is 0.0349 e. The zero-order valence-corrected chi connectivity index (χ0v) is 20.6. The standard InChI is InChI=1S/C32H38/c1-5-9-27-14-25-13-26(15-27)17-31(16-25,21-27)32-22-28(10-6-2)18-29(23-32,11-7-3)20-30(19-28,24-32)12-8-4/h25-26H,13-24H2,1-4H3. The molecule has 0 heteroatoms. The van der Waals surface area contributed by atoms with Crippen LogP contribution in [-0.2, 0) is 0 Å². The molecule has 32 heavy (non-hydrogen) atoms. The van der Waals surface area contributed by atoms with Gasteiger partial charge in [0, 0.05) is 21.7 Å². The van der Waals surface area contributed by atoms with Crippen LogP contribution in [0.2, 0.25) is 0 Å². The van der Waals surface area contributed by atoms with Crippen molar-refractivity contribution in [2.24, 2.45) is 44.3 Å². The predicted octanol–water partition coefficient (Wildman–Crippen LogP) is 6.99. The summed E-state index contributed by atoms with van der Waals surface area (Å²) < 4.78 is 0. The zero-order chi connectivity index (χ0) is 22.3. The minimum atomic E-state index is 0.115. The Labute approximate surface area is 196 Å². The monoisotopic (exact) mass is 422 g/mol. The van der Waals surface area contributed by atoms with Crippen LogP contribution in [0.25, 0.3) is 0 Å². The van der Waals surface area contributed by atoms with E-state index in [-0.39, 0.29) is 16.2 Å². The third-order valence-corrected chi connectivity index (χ3v) is 10.8. The topological polar surface area (TPSA) is 0 Å². The van der Waals surface area contributed by atoms with Gasteiger partial charge in [-0.15, -0.1) is 23.7 Å². The van der Waals surface area contributed by atoms with Gasteiger partial charge in [-0.05, 0) is 127 Å². The van der Waals surface area contributed by atoms with Crippen LogP contribution >= 0.6 is 0 Å². The van der Waals surface area contributed by atoms with E-state index in [1.807, 2.05) is 0 Å². The summed E-state index contributed by atoms with van der Waals surface area (Å²) in [7, 11) is 0. The van der Waals surface area contributed by atoms with Crippen LogP contribution in [0.4, 0.5) is 0 Å². The van der Waals surface area contributed by atoms with Crippen LogP contribution in [0, 0.1) is 91.7 Å². The van der Waals surface area contributed by atoms with E-state index in [0.29, 0.717) is 16.2 Å². The minimum absolute atomic E-state index is 0.115. The van der Waals surface area contributed by atoms with E-state index in [4.69, 9.17) is 0 Å². The highest BCUT2D eigenvalue weighted by Gasteiger charge is 2.74. The lowest BCUT2D eigenvalue weighted by Crippen LogP contribution is -2.68. The summed E-state index contributed by atoms with van der Waals surface area (Å²) in [6.45, 7) is 8.23. The quantitative estimate of drug-likeness (QED) is 0.399. The van der Waals surface area contributed by atoms with Crippen molar-refractivity contribution < 1.29 is 0 Å². The first-order valence-electron chi connectivity index (χ1n) is 13.1. The summed E-state index contributed by atoms with van der Waals surface area (Å²) in [6, 6.07) is 0. The zero-order valence-electron chi connectivity index (χ0n) is 20.6. The summed E-state index contributed by atoms with van der Waals surface area (Å²) in [5.74, 6) is 30.7. The molecule has 0 aliphatic heterocycles. The second kappa shape index (κ2) is 6.43. The summed E-state index contributed by atoms with van der Waals surface area (Å²) in [6.07, 6.45) is 15.9. The van der Waals surface area contributed by atoms with Gasteiger partial charge < -0.3 is 0 Å². The number of hydrogen-bond donors (Lipinski definition) is 0. The first kappa shape index (κ1) is 20.8. The van der Waals surface area contributed by atoms with Crippen molar-refractivity contribution in [2.45, 2.75) is 105 Å². The molecule has 0 nitrogen and oxygen atoms in total. The molecule has 8 rings (SSSR count). The van der Waals surface area contributed by atoms with Crippen molar-refractivity contribution in [3.63, 3.8) is 0 Å². The third-order valence-electron chi connectivity index (χ3n) is 10.8. The summed E-state index contributed by atoms with van der Waals surface area (Å²) in [5.41, 5.74) is 1.42. The molecule has 2 unspecified atom stereocenters. The fourth-order valence-corrected chi connectivity index (χ4v) is 11.7. The molecule has 0 heterocycles. The fraction of sp³-hybridized carbons (Fsp3) is 0.750. The van der Waals surface area contributed by atoms with Gasteiger partial charge in [0.15, 0.2) is 0 Å². The first-order valence-corrected chi connectivity index (χ1v) is 13.1. The fourth-order valence-electron chi connectivity index (χ4n) is 11.7. The number of rotatable bonds is 1. The van der Waals surface area contributed by atoms with Crippen molar-refractivity contribution in [2.75, 3.05) is 0 Å². The first-order chi connectivity index (χ1) is 15.3. The van der Waals surface area contributed by atoms with E-state index in [1.54, 1.807) is 0 Å². The van der Waals surface area contributed by atoms with Crippen molar-refractivity contribution in [3.8, 4) is 47.4 Å². The Morgan fingerprint density at radius 1 is 0.438 bits per heavy atom. The average Bonchev–Trinajstić information content (AvgIpc) is 2.65. The maximum atomic E-state index is 3.83. The van der Waals surface area contributed by atoms with Crippen LogP contribution in [0.5, 0.6) is 0 Å². The average molecular weight is 423 g/mol. The molecule has 0 aromatic rings. The summed E-state index contributed by atoms with van der Waals surface area (Å²) in [4.78, 5) is 0. The molecule has 0 saturated heterocycles. The molecule has 0 aromatic carbocycles. The maximum Gasteiger partial charge on any atom is 0.0349 e. The Morgan fingerprint density at radius 2 is 0.812 bits per heavy atom. The Hall–Kier alpha value is -1.76. The van der Waals surface area contributed by atoms with Crippen molar-refractivity contribution in [1.29, 1.82) is 0 Å². The van der Waals surface area contributed by atoms with E-state index < -0.39 is 0 Å². The second-order valence-corrected chi connectivity index (χ2v) is 13.2. The van der Waals surface area contributed by atoms with E-state index in [9.17, 15) is 0 Å². The van der Waals surface area contributed by atoms with Crippen LogP contribution in [0.15, 0.2) is 0 Å². The van der Waals surface area contributed by atoms with Crippen molar-refractivity contribution in [1.82, 2.24) is 0 Å². The molecule has 0 aromatic heterocycles. The van der Waals surface area contributed by atoms with E-state index in [2.05, 4.69) is 75.1 Å². The van der Waals surface area contributed by atoms with E-state index in [1.165, 1.54) is 77.0 Å². The third kappa shape index (κ3) is 2.63. The highest BCUT2D eigenvalue weighted by molar-refractivity contribution is 5.38. The largest absolute Gasteiger partial charge is 0.106 e. The van der Waals surface area contributed by atoms with Gasteiger partial charge in [-0.2, -0.15) is 0 Å². The molecule has 0 N–H and O–H groups in total. The Bertz CT molecular complexity index is 991. The van der Waals surface area contributed by atoms with Crippen LogP contribution in [0.3, 0.4) is 0 Å². The molecule has 8 fully saturated rings. The molecule has 2 atom stereocenters. The lowest BCUT2D eigenvalue weighted by molar-refractivity contribution is -0.243. The molecule has 0 spiro atoms. The molecule has 8 bridgehead atoms. The molecule has 0 radical (unpaired) electrons. The van der Waals surface area contributed by atoms with Gasteiger partial charge in [0.1, 0.15) is 0 Å².